The third-order valence-corrected chi connectivity index (χ3v) is 3.62. The van der Waals surface area contributed by atoms with Crippen LogP contribution in [0.2, 0.25) is 0 Å². The van der Waals surface area contributed by atoms with Crippen LogP contribution in [0.25, 0.3) is 0 Å². The molecule has 1 heterocycles. The minimum Gasteiger partial charge on any atom is -0.490 e. The summed E-state index contributed by atoms with van der Waals surface area (Å²) in [6.07, 6.45) is 1.22. The second-order valence-electron chi connectivity index (χ2n) is 5.63. The number of anilines is 1. The number of rotatable bonds is 4. The summed E-state index contributed by atoms with van der Waals surface area (Å²) < 4.78 is 37.4. The fourth-order valence-corrected chi connectivity index (χ4v) is 2.49. The van der Waals surface area contributed by atoms with Crippen LogP contribution in [0.15, 0.2) is 41.4 Å². The number of guanidine groups is 1. The molecule has 0 radical (unpaired) electrons. The molecular formula is C18H20F2IN3O2. The predicted octanol–water partition coefficient (Wildman–Crippen LogP) is 3.71. The lowest BCUT2D eigenvalue weighted by molar-refractivity contribution is 0.297. The van der Waals surface area contributed by atoms with E-state index in [1.165, 1.54) is 12.1 Å². The first kappa shape index (κ1) is 20.2. The summed E-state index contributed by atoms with van der Waals surface area (Å²) >= 11 is 0. The number of halogens is 3. The van der Waals surface area contributed by atoms with Crippen LogP contribution >= 0.6 is 24.0 Å². The van der Waals surface area contributed by atoms with Gasteiger partial charge in [0.05, 0.1) is 13.2 Å². The van der Waals surface area contributed by atoms with Crippen molar-refractivity contribution in [3.8, 4) is 11.5 Å². The molecule has 0 amide bonds. The van der Waals surface area contributed by atoms with Gasteiger partial charge in [-0.25, -0.2) is 8.78 Å². The molecule has 3 N–H and O–H groups in total. The minimum absolute atomic E-state index is 0. The van der Waals surface area contributed by atoms with Gasteiger partial charge in [-0.3, -0.25) is 4.99 Å². The lowest BCUT2D eigenvalue weighted by Crippen LogP contribution is -2.23. The molecule has 3 rings (SSSR count). The van der Waals surface area contributed by atoms with Gasteiger partial charge in [0.2, 0.25) is 0 Å². The first-order chi connectivity index (χ1) is 12.1. The maximum Gasteiger partial charge on any atom is 0.193 e. The first-order valence-electron chi connectivity index (χ1n) is 8.02. The third kappa shape index (κ3) is 5.72. The van der Waals surface area contributed by atoms with E-state index in [1.54, 1.807) is 6.07 Å². The Bertz CT molecular complexity index is 767. The highest BCUT2D eigenvalue weighted by atomic mass is 127. The molecule has 0 bridgehead atoms. The quantitative estimate of drug-likeness (QED) is 0.402. The predicted molar refractivity (Wildman–Crippen MR) is 108 cm³/mol. The molecular weight excluding hydrogens is 455 g/mol. The first-order valence-corrected chi connectivity index (χ1v) is 8.02. The number of nitrogens with one attached hydrogen (secondary N) is 1. The Morgan fingerprint density at radius 1 is 1.04 bits per heavy atom. The second-order valence-corrected chi connectivity index (χ2v) is 5.63. The summed E-state index contributed by atoms with van der Waals surface area (Å²) in [6.45, 7) is 1.54. The third-order valence-electron chi connectivity index (χ3n) is 3.62. The van der Waals surface area contributed by atoms with Gasteiger partial charge in [0.1, 0.15) is 11.6 Å². The Kier molecular flexibility index (Phi) is 7.43. The van der Waals surface area contributed by atoms with Gasteiger partial charge in [-0.1, -0.05) is 0 Å². The van der Waals surface area contributed by atoms with Crippen LogP contribution in [0.4, 0.5) is 14.5 Å². The van der Waals surface area contributed by atoms with Crippen molar-refractivity contribution in [2.45, 2.75) is 12.8 Å². The highest BCUT2D eigenvalue weighted by Crippen LogP contribution is 2.32. The summed E-state index contributed by atoms with van der Waals surface area (Å²) in [4.78, 5) is 4.17. The number of nitrogens with zero attached hydrogens (tertiary/aromatic N) is 1. The van der Waals surface area contributed by atoms with E-state index in [-0.39, 0.29) is 29.9 Å². The maximum absolute atomic E-state index is 13.1. The van der Waals surface area contributed by atoms with Crippen LogP contribution in [0.1, 0.15) is 12.0 Å². The molecule has 0 atom stereocenters. The van der Waals surface area contributed by atoms with Crippen molar-refractivity contribution in [3.63, 3.8) is 0 Å². The summed E-state index contributed by atoms with van der Waals surface area (Å²) in [5, 5.41) is 2.97. The average molecular weight is 475 g/mol. The highest BCUT2D eigenvalue weighted by Gasteiger charge is 2.10. The molecule has 0 saturated carbocycles. The number of ether oxygens (including phenoxy) is 2. The number of nitrogens with two attached hydrogens (primary N) is 1. The van der Waals surface area contributed by atoms with Gasteiger partial charge >= 0.3 is 0 Å². The molecule has 0 unspecified atom stereocenters. The summed E-state index contributed by atoms with van der Waals surface area (Å²) in [7, 11) is 0. The van der Waals surface area contributed by atoms with Crippen LogP contribution in [-0.4, -0.2) is 25.7 Å². The molecule has 2 aromatic carbocycles. The van der Waals surface area contributed by atoms with Gasteiger partial charge in [-0.05, 0) is 36.2 Å². The molecule has 140 valence electrons. The molecule has 8 heteroatoms. The Morgan fingerprint density at radius 2 is 1.73 bits per heavy atom. The van der Waals surface area contributed by atoms with Crippen molar-refractivity contribution in [2.75, 3.05) is 25.1 Å². The highest BCUT2D eigenvalue weighted by molar-refractivity contribution is 14.0. The van der Waals surface area contributed by atoms with E-state index in [1.807, 2.05) is 12.1 Å². The Hall–Kier alpha value is -2.10. The molecule has 2 aromatic rings. The zero-order chi connectivity index (χ0) is 17.6. The van der Waals surface area contributed by atoms with E-state index in [9.17, 15) is 8.78 Å². The fraction of sp³-hybridized carbons (Fsp3) is 0.278. The maximum atomic E-state index is 13.1. The number of hydrogen-bond donors (Lipinski definition) is 2. The largest absolute Gasteiger partial charge is 0.490 e. The minimum atomic E-state index is -0.600. The molecule has 0 saturated heterocycles. The van der Waals surface area contributed by atoms with Gasteiger partial charge in [-0.2, -0.15) is 0 Å². The van der Waals surface area contributed by atoms with Crippen molar-refractivity contribution in [3.05, 3.63) is 53.6 Å². The number of aliphatic imine (C=N–C) groups is 1. The monoisotopic (exact) mass is 475 g/mol. The number of hydrogen-bond acceptors (Lipinski definition) is 3. The standard InChI is InChI=1S/C18H19F2N3O2.HI/c19-13-8-12(9-14(20)10-13)4-5-22-18(21)23-15-2-3-16-17(11-15)25-7-1-6-24-16;/h2-3,8-11H,1,4-7H2,(H3,21,22,23);1H. The zero-order valence-electron chi connectivity index (χ0n) is 14.0. The molecule has 0 fully saturated rings. The van der Waals surface area contributed by atoms with Gasteiger partial charge in [-0.15, -0.1) is 24.0 Å². The fourth-order valence-electron chi connectivity index (χ4n) is 2.49. The molecule has 1 aliphatic heterocycles. The Morgan fingerprint density at radius 3 is 2.46 bits per heavy atom. The number of fused-ring (bicyclic) bond motifs is 1. The van der Waals surface area contributed by atoms with Crippen molar-refractivity contribution < 1.29 is 18.3 Å². The average Bonchev–Trinajstić information content (AvgIpc) is 2.79. The van der Waals surface area contributed by atoms with Crippen molar-refractivity contribution >= 4 is 35.6 Å². The lowest BCUT2D eigenvalue weighted by Gasteiger charge is -2.10. The zero-order valence-corrected chi connectivity index (χ0v) is 16.3. The van der Waals surface area contributed by atoms with Crippen molar-refractivity contribution in [2.24, 2.45) is 10.7 Å². The van der Waals surface area contributed by atoms with Crippen molar-refractivity contribution in [1.82, 2.24) is 0 Å². The SMILES string of the molecule is I.NC(=NCCc1cc(F)cc(F)c1)Nc1ccc2c(c1)OCCCO2. The Balaban J connectivity index is 0.00000243. The molecule has 1 aliphatic rings. The molecule has 0 spiro atoms. The molecule has 0 aliphatic carbocycles. The van der Waals surface area contributed by atoms with E-state index < -0.39 is 11.6 Å². The van der Waals surface area contributed by atoms with E-state index in [0.29, 0.717) is 43.2 Å². The van der Waals surface area contributed by atoms with E-state index >= 15 is 0 Å². The molecule has 26 heavy (non-hydrogen) atoms. The van der Waals surface area contributed by atoms with Gasteiger partial charge in [0, 0.05) is 30.8 Å². The molecule has 0 aromatic heterocycles. The van der Waals surface area contributed by atoms with Gasteiger partial charge < -0.3 is 20.5 Å². The second kappa shape index (κ2) is 9.56. The topological polar surface area (TPSA) is 68.9 Å². The van der Waals surface area contributed by atoms with Crippen LogP contribution < -0.4 is 20.5 Å². The van der Waals surface area contributed by atoms with Gasteiger partial charge in [0.25, 0.3) is 0 Å². The van der Waals surface area contributed by atoms with E-state index in [0.717, 1.165) is 18.2 Å². The normalized spacial score (nSPS) is 13.5. The van der Waals surface area contributed by atoms with Crippen LogP contribution in [-0.2, 0) is 6.42 Å². The lowest BCUT2D eigenvalue weighted by atomic mass is 10.1. The Labute approximate surface area is 167 Å². The van der Waals surface area contributed by atoms with Crippen LogP contribution in [0, 0.1) is 11.6 Å². The summed E-state index contributed by atoms with van der Waals surface area (Å²) in [5.41, 5.74) is 7.11. The van der Waals surface area contributed by atoms with Crippen LogP contribution in [0.5, 0.6) is 11.5 Å². The van der Waals surface area contributed by atoms with Crippen LogP contribution in [0.3, 0.4) is 0 Å². The van der Waals surface area contributed by atoms with Gasteiger partial charge in [0.15, 0.2) is 17.5 Å². The van der Waals surface area contributed by atoms with Crippen molar-refractivity contribution in [1.29, 1.82) is 0 Å². The summed E-state index contributed by atoms with van der Waals surface area (Å²) in [6, 6.07) is 8.83. The van der Waals surface area contributed by atoms with E-state index in [2.05, 4.69) is 10.3 Å². The smallest absolute Gasteiger partial charge is 0.193 e. The summed E-state index contributed by atoms with van der Waals surface area (Å²) in [5.74, 6) is 0.373. The number of benzene rings is 2. The molecule has 5 nitrogen and oxygen atoms in total. The van der Waals surface area contributed by atoms with E-state index in [4.69, 9.17) is 15.2 Å².